The quantitative estimate of drug-likeness (QED) is 0.567. The zero-order valence-corrected chi connectivity index (χ0v) is 14.2. The van der Waals surface area contributed by atoms with Crippen molar-refractivity contribution >= 4 is 14.6 Å². The lowest BCUT2D eigenvalue weighted by Crippen LogP contribution is -2.43. The van der Waals surface area contributed by atoms with E-state index in [0.717, 1.165) is 11.8 Å². The number of hydrogen-bond acceptors (Lipinski definition) is 3. The summed E-state index contributed by atoms with van der Waals surface area (Å²) in [7, 11) is -1.83. The Morgan fingerprint density at radius 2 is 1.80 bits per heavy atom. The van der Waals surface area contributed by atoms with Crippen molar-refractivity contribution in [3.63, 3.8) is 0 Å². The summed E-state index contributed by atoms with van der Waals surface area (Å²) in [6.07, 6.45) is 0.333. The van der Waals surface area contributed by atoms with Gasteiger partial charge in [0.15, 0.2) is 14.6 Å². The SMILES string of the molecule is CC(C)(C)[Si](C)(C)OC[C@H](C=O)OCc1ccccc1. The highest BCUT2D eigenvalue weighted by atomic mass is 28.4. The normalized spacial score (nSPS) is 14.1. The molecular weight excluding hydrogens is 268 g/mol. The van der Waals surface area contributed by atoms with Crippen LogP contribution in [0.1, 0.15) is 26.3 Å². The largest absolute Gasteiger partial charge is 0.414 e. The summed E-state index contributed by atoms with van der Waals surface area (Å²) in [4.78, 5) is 11.1. The minimum absolute atomic E-state index is 0.139. The third-order valence-corrected chi connectivity index (χ3v) is 8.37. The first-order valence-corrected chi connectivity index (χ1v) is 9.92. The first kappa shape index (κ1) is 17.1. The van der Waals surface area contributed by atoms with Crippen LogP contribution in [-0.4, -0.2) is 27.3 Å². The molecule has 0 N–H and O–H groups in total. The van der Waals surface area contributed by atoms with Crippen LogP contribution in [-0.2, 0) is 20.6 Å². The van der Waals surface area contributed by atoms with Gasteiger partial charge in [-0.3, -0.25) is 0 Å². The minimum atomic E-state index is -1.83. The molecule has 112 valence electrons. The number of benzene rings is 1. The van der Waals surface area contributed by atoms with Gasteiger partial charge in [0.1, 0.15) is 6.10 Å². The van der Waals surface area contributed by atoms with Crippen molar-refractivity contribution in [2.45, 2.75) is 51.6 Å². The Labute approximate surface area is 123 Å². The van der Waals surface area contributed by atoms with Gasteiger partial charge in [-0.25, -0.2) is 0 Å². The molecule has 0 fully saturated rings. The average Bonchev–Trinajstić information content (AvgIpc) is 2.39. The van der Waals surface area contributed by atoms with Crippen LogP contribution in [0.15, 0.2) is 30.3 Å². The van der Waals surface area contributed by atoms with Crippen molar-refractivity contribution in [3.8, 4) is 0 Å². The lowest BCUT2D eigenvalue weighted by molar-refractivity contribution is -0.121. The predicted octanol–water partition coefficient (Wildman–Crippen LogP) is 3.79. The summed E-state index contributed by atoms with van der Waals surface area (Å²) in [6, 6.07) is 9.84. The molecule has 1 rings (SSSR count). The highest BCUT2D eigenvalue weighted by Gasteiger charge is 2.37. The van der Waals surface area contributed by atoms with Gasteiger partial charge in [0.25, 0.3) is 0 Å². The molecule has 20 heavy (non-hydrogen) atoms. The topological polar surface area (TPSA) is 35.5 Å². The van der Waals surface area contributed by atoms with Gasteiger partial charge in [0.05, 0.1) is 13.2 Å². The summed E-state index contributed by atoms with van der Waals surface area (Å²) in [5.41, 5.74) is 1.06. The maximum Gasteiger partial charge on any atom is 0.192 e. The van der Waals surface area contributed by atoms with Crippen LogP contribution in [0.4, 0.5) is 0 Å². The molecule has 0 aliphatic carbocycles. The number of ether oxygens (including phenoxy) is 1. The van der Waals surface area contributed by atoms with Gasteiger partial charge < -0.3 is 14.0 Å². The Bertz CT molecular complexity index is 409. The maximum atomic E-state index is 11.1. The molecule has 0 radical (unpaired) electrons. The number of hydrogen-bond donors (Lipinski definition) is 0. The van der Waals surface area contributed by atoms with E-state index in [4.69, 9.17) is 9.16 Å². The summed E-state index contributed by atoms with van der Waals surface area (Å²) in [5, 5.41) is 0.139. The van der Waals surface area contributed by atoms with E-state index in [0.29, 0.717) is 13.2 Å². The molecule has 0 aliphatic rings. The third kappa shape index (κ3) is 5.19. The predicted molar refractivity (Wildman–Crippen MR) is 84.2 cm³/mol. The van der Waals surface area contributed by atoms with E-state index in [1.165, 1.54) is 0 Å². The Kier molecular flexibility index (Phi) is 6.11. The maximum absolute atomic E-state index is 11.1. The lowest BCUT2D eigenvalue weighted by Gasteiger charge is -2.36. The molecule has 0 aliphatic heterocycles. The standard InChI is InChI=1S/C16H26O3Si/c1-16(2,3)20(4,5)19-13-15(11-17)18-12-14-9-7-6-8-10-14/h6-11,15H,12-13H2,1-5H3/t15-/m0/s1. The van der Waals surface area contributed by atoms with Crippen molar-refractivity contribution in [3.05, 3.63) is 35.9 Å². The van der Waals surface area contributed by atoms with E-state index in [1.807, 2.05) is 30.3 Å². The molecule has 0 saturated heterocycles. The van der Waals surface area contributed by atoms with E-state index in [1.54, 1.807) is 0 Å². The molecule has 3 nitrogen and oxygen atoms in total. The van der Waals surface area contributed by atoms with Crippen molar-refractivity contribution in [2.24, 2.45) is 0 Å². The molecular formula is C16H26O3Si. The second kappa shape index (κ2) is 7.15. The fraction of sp³-hybridized carbons (Fsp3) is 0.562. The van der Waals surface area contributed by atoms with Gasteiger partial charge in [-0.2, -0.15) is 0 Å². The smallest absolute Gasteiger partial charge is 0.192 e. The van der Waals surface area contributed by atoms with E-state index in [9.17, 15) is 4.79 Å². The van der Waals surface area contributed by atoms with E-state index < -0.39 is 14.4 Å². The molecule has 1 aromatic carbocycles. The minimum Gasteiger partial charge on any atom is -0.414 e. The van der Waals surface area contributed by atoms with Gasteiger partial charge >= 0.3 is 0 Å². The lowest BCUT2D eigenvalue weighted by atomic mass is 10.2. The molecule has 1 atom stereocenters. The van der Waals surface area contributed by atoms with E-state index in [-0.39, 0.29) is 5.04 Å². The molecule has 0 spiro atoms. The second-order valence-corrected chi connectivity index (χ2v) is 11.4. The second-order valence-electron chi connectivity index (χ2n) is 6.54. The van der Waals surface area contributed by atoms with Gasteiger partial charge in [0.2, 0.25) is 0 Å². The molecule has 4 heteroatoms. The highest BCUT2D eigenvalue weighted by molar-refractivity contribution is 6.74. The van der Waals surface area contributed by atoms with Crippen molar-refractivity contribution < 1.29 is 14.0 Å². The Balaban J connectivity index is 2.46. The Hall–Kier alpha value is -0.973. The molecule has 0 heterocycles. The van der Waals surface area contributed by atoms with Crippen molar-refractivity contribution in [1.29, 1.82) is 0 Å². The van der Waals surface area contributed by atoms with Gasteiger partial charge in [-0.05, 0) is 23.7 Å². The highest BCUT2D eigenvalue weighted by Crippen LogP contribution is 2.36. The van der Waals surface area contributed by atoms with Crippen LogP contribution in [0, 0.1) is 0 Å². The van der Waals surface area contributed by atoms with E-state index >= 15 is 0 Å². The first-order chi connectivity index (χ1) is 9.26. The van der Waals surface area contributed by atoms with Crippen LogP contribution in [0.5, 0.6) is 0 Å². The summed E-state index contributed by atoms with van der Waals surface area (Å²) in [6.45, 7) is 11.7. The first-order valence-electron chi connectivity index (χ1n) is 7.01. The molecule has 0 saturated carbocycles. The fourth-order valence-electron chi connectivity index (χ4n) is 1.41. The molecule has 0 bridgehead atoms. The van der Waals surface area contributed by atoms with Gasteiger partial charge in [-0.15, -0.1) is 0 Å². The Morgan fingerprint density at radius 1 is 1.20 bits per heavy atom. The van der Waals surface area contributed by atoms with Crippen LogP contribution < -0.4 is 0 Å². The number of aldehydes is 1. The summed E-state index contributed by atoms with van der Waals surface area (Å²) < 4.78 is 11.6. The van der Waals surface area contributed by atoms with Crippen LogP contribution in [0.2, 0.25) is 18.1 Å². The Morgan fingerprint density at radius 3 is 2.30 bits per heavy atom. The van der Waals surface area contributed by atoms with Crippen molar-refractivity contribution in [1.82, 2.24) is 0 Å². The van der Waals surface area contributed by atoms with Gasteiger partial charge in [-0.1, -0.05) is 51.1 Å². The molecule has 0 aromatic heterocycles. The third-order valence-electron chi connectivity index (χ3n) is 3.87. The number of rotatable bonds is 7. The number of carbonyl (C=O) groups excluding carboxylic acids is 1. The summed E-state index contributed by atoms with van der Waals surface area (Å²) >= 11 is 0. The fourth-order valence-corrected chi connectivity index (χ4v) is 2.43. The molecule has 0 amide bonds. The van der Waals surface area contributed by atoms with Crippen LogP contribution in [0.25, 0.3) is 0 Å². The zero-order chi connectivity index (χ0) is 15.2. The van der Waals surface area contributed by atoms with E-state index in [2.05, 4.69) is 33.9 Å². The number of carbonyl (C=O) groups is 1. The van der Waals surface area contributed by atoms with Crippen LogP contribution >= 0.6 is 0 Å². The molecule has 1 aromatic rings. The monoisotopic (exact) mass is 294 g/mol. The average molecular weight is 294 g/mol. The summed E-state index contributed by atoms with van der Waals surface area (Å²) in [5.74, 6) is 0. The van der Waals surface area contributed by atoms with Gasteiger partial charge in [0, 0.05) is 0 Å². The van der Waals surface area contributed by atoms with Crippen LogP contribution in [0.3, 0.4) is 0 Å². The zero-order valence-electron chi connectivity index (χ0n) is 13.2. The van der Waals surface area contributed by atoms with Crippen molar-refractivity contribution in [2.75, 3.05) is 6.61 Å². The molecule has 0 unspecified atom stereocenters.